The van der Waals surface area contributed by atoms with Crippen LogP contribution in [0.25, 0.3) is 22.4 Å². The van der Waals surface area contributed by atoms with Crippen LogP contribution in [0.2, 0.25) is 5.02 Å². The highest BCUT2D eigenvalue weighted by Gasteiger charge is 2.74. The van der Waals surface area contributed by atoms with Gasteiger partial charge in [0.05, 0.1) is 29.1 Å². The number of rotatable bonds is 5. The van der Waals surface area contributed by atoms with Crippen LogP contribution in [0.5, 0.6) is 0 Å². The van der Waals surface area contributed by atoms with E-state index in [1.165, 1.54) is 31.3 Å². The molecule has 2 aromatic carbocycles. The minimum Gasteiger partial charge on any atom is -0.462 e. The van der Waals surface area contributed by atoms with Gasteiger partial charge in [0, 0.05) is 16.7 Å². The first kappa shape index (κ1) is 26.5. The van der Waals surface area contributed by atoms with Crippen molar-refractivity contribution in [2.75, 3.05) is 6.61 Å². The molecular formula is C23H18ClF7N2O2. The summed E-state index contributed by atoms with van der Waals surface area (Å²) in [4.78, 5) is 12.2. The Morgan fingerprint density at radius 3 is 2.20 bits per heavy atom. The van der Waals surface area contributed by atoms with Crippen molar-refractivity contribution in [3.63, 3.8) is 0 Å². The number of hydrogen-bond donors (Lipinski definition) is 1. The number of aryl methyl sites for hydroxylation is 1. The number of halogens is 8. The molecule has 0 saturated carbocycles. The van der Waals surface area contributed by atoms with E-state index in [0.29, 0.717) is 6.07 Å². The topological polar surface area (TPSA) is 55.0 Å². The number of alkyl halides is 7. The number of hydrogen-bond acceptors (Lipinski definition) is 3. The molecule has 1 aromatic heterocycles. The van der Waals surface area contributed by atoms with Crippen LogP contribution in [-0.2, 0) is 10.4 Å². The SMILES string of the molecule is CCOC(=O)c1cccc(-c2[nH]ncc2-c2c(C)ccc(C(F)(C(F)(F)F)C(F)(F)F)c2C)c1Cl. The van der Waals surface area contributed by atoms with Crippen molar-refractivity contribution in [2.45, 2.75) is 38.8 Å². The summed E-state index contributed by atoms with van der Waals surface area (Å²) in [5.41, 5.74) is -7.25. The van der Waals surface area contributed by atoms with E-state index < -0.39 is 35.1 Å². The Kier molecular flexibility index (Phi) is 6.95. The van der Waals surface area contributed by atoms with Gasteiger partial charge < -0.3 is 4.74 Å². The Hall–Kier alpha value is -3.08. The molecule has 4 nitrogen and oxygen atoms in total. The van der Waals surface area contributed by atoms with Crippen LogP contribution >= 0.6 is 11.6 Å². The lowest BCUT2D eigenvalue weighted by atomic mass is 9.84. The zero-order valence-electron chi connectivity index (χ0n) is 18.5. The molecule has 0 bridgehead atoms. The van der Waals surface area contributed by atoms with Crippen molar-refractivity contribution >= 4 is 17.6 Å². The van der Waals surface area contributed by atoms with Crippen LogP contribution in [0.15, 0.2) is 36.5 Å². The maximum absolute atomic E-state index is 14.9. The Morgan fingerprint density at radius 1 is 1.00 bits per heavy atom. The Morgan fingerprint density at radius 2 is 1.63 bits per heavy atom. The summed E-state index contributed by atoms with van der Waals surface area (Å²) in [6.45, 7) is 4.08. The number of carbonyl (C=O) groups excluding carboxylic acids is 1. The van der Waals surface area contributed by atoms with Crippen molar-refractivity contribution in [3.05, 3.63) is 63.8 Å². The lowest BCUT2D eigenvalue weighted by molar-refractivity contribution is -0.348. The minimum absolute atomic E-state index is 0.00863. The number of nitrogens with one attached hydrogen (secondary N) is 1. The average molecular weight is 523 g/mol. The van der Waals surface area contributed by atoms with Gasteiger partial charge in [-0.2, -0.15) is 31.4 Å². The van der Waals surface area contributed by atoms with E-state index in [2.05, 4.69) is 10.2 Å². The van der Waals surface area contributed by atoms with E-state index in [4.69, 9.17) is 16.3 Å². The number of nitrogens with zero attached hydrogens (tertiary/aromatic N) is 1. The standard InChI is InChI=1S/C23H18ClF7N2O2/c1-4-35-20(34)14-7-5-6-13(18(14)24)19-15(10-32-33-19)17-11(2)8-9-16(12(17)3)21(25,22(26,27)28)23(29,30)31/h5-10H,4H2,1-3H3,(H,32,33). The van der Waals surface area contributed by atoms with E-state index in [9.17, 15) is 35.5 Å². The molecule has 0 atom stereocenters. The molecule has 188 valence electrons. The number of H-pyrrole nitrogens is 1. The van der Waals surface area contributed by atoms with Crippen molar-refractivity contribution in [2.24, 2.45) is 0 Å². The van der Waals surface area contributed by atoms with Crippen molar-refractivity contribution in [3.8, 4) is 22.4 Å². The van der Waals surface area contributed by atoms with Gasteiger partial charge in [0.2, 0.25) is 0 Å². The molecule has 1 N–H and O–H groups in total. The molecular weight excluding hydrogens is 505 g/mol. The van der Waals surface area contributed by atoms with Gasteiger partial charge in [-0.1, -0.05) is 35.9 Å². The quantitative estimate of drug-likeness (QED) is 0.279. The fourth-order valence-corrected chi connectivity index (χ4v) is 4.17. The summed E-state index contributed by atoms with van der Waals surface area (Å²) < 4.78 is 101. The van der Waals surface area contributed by atoms with Crippen LogP contribution in [-0.4, -0.2) is 35.1 Å². The van der Waals surface area contributed by atoms with E-state index in [-0.39, 0.29) is 45.1 Å². The molecule has 0 aliphatic rings. The molecule has 1 heterocycles. The predicted octanol–water partition coefficient (Wildman–Crippen LogP) is 7.48. The second-order valence-corrected chi connectivity index (χ2v) is 8.01. The van der Waals surface area contributed by atoms with Gasteiger partial charge >= 0.3 is 24.0 Å². The molecule has 12 heteroatoms. The van der Waals surface area contributed by atoms with Crippen LogP contribution in [0.3, 0.4) is 0 Å². The predicted molar refractivity (Wildman–Crippen MR) is 115 cm³/mol. The Balaban J connectivity index is 2.28. The van der Waals surface area contributed by atoms with Gasteiger partial charge in [0.1, 0.15) is 0 Å². The smallest absolute Gasteiger partial charge is 0.435 e. The molecule has 0 spiro atoms. The van der Waals surface area contributed by atoms with Crippen LogP contribution in [0.4, 0.5) is 30.7 Å². The zero-order valence-corrected chi connectivity index (χ0v) is 19.2. The summed E-state index contributed by atoms with van der Waals surface area (Å²) in [6.07, 6.45) is -11.4. The fraction of sp³-hybridized carbons (Fsp3) is 0.304. The second-order valence-electron chi connectivity index (χ2n) is 7.63. The van der Waals surface area contributed by atoms with E-state index in [1.807, 2.05) is 0 Å². The number of esters is 1. The highest BCUT2D eigenvalue weighted by molar-refractivity contribution is 6.36. The van der Waals surface area contributed by atoms with Gasteiger partial charge in [-0.3, -0.25) is 5.10 Å². The van der Waals surface area contributed by atoms with Gasteiger partial charge in [-0.05, 0) is 43.5 Å². The highest BCUT2D eigenvalue weighted by atomic mass is 35.5. The lowest BCUT2D eigenvalue weighted by Crippen LogP contribution is -2.50. The molecule has 3 aromatic rings. The molecule has 0 unspecified atom stereocenters. The number of aromatic amines is 1. The third kappa shape index (κ3) is 4.37. The fourth-order valence-electron chi connectivity index (χ4n) is 3.87. The summed E-state index contributed by atoms with van der Waals surface area (Å²) >= 11 is 6.39. The van der Waals surface area contributed by atoms with Gasteiger partial charge in [-0.25, -0.2) is 9.18 Å². The van der Waals surface area contributed by atoms with Crippen molar-refractivity contribution in [1.29, 1.82) is 0 Å². The van der Waals surface area contributed by atoms with Gasteiger partial charge in [-0.15, -0.1) is 0 Å². The first-order valence-electron chi connectivity index (χ1n) is 10.1. The monoisotopic (exact) mass is 522 g/mol. The number of carbonyl (C=O) groups is 1. The molecule has 0 fully saturated rings. The Labute approximate surface area is 200 Å². The molecule has 35 heavy (non-hydrogen) atoms. The zero-order chi connectivity index (χ0) is 26.3. The average Bonchev–Trinajstić information content (AvgIpc) is 3.21. The van der Waals surface area contributed by atoms with Crippen LogP contribution < -0.4 is 0 Å². The first-order chi connectivity index (χ1) is 16.2. The molecule has 0 radical (unpaired) electrons. The summed E-state index contributed by atoms with van der Waals surface area (Å²) in [5.74, 6) is -0.729. The van der Waals surface area contributed by atoms with Gasteiger partial charge in [0.15, 0.2) is 0 Å². The summed E-state index contributed by atoms with van der Waals surface area (Å²) in [7, 11) is 0. The van der Waals surface area contributed by atoms with Gasteiger partial charge in [0.25, 0.3) is 0 Å². The maximum Gasteiger partial charge on any atom is 0.435 e. The van der Waals surface area contributed by atoms with E-state index in [1.54, 1.807) is 6.92 Å². The highest BCUT2D eigenvalue weighted by Crippen LogP contribution is 2.55. The summed E-state index contributed by atoms with van der Waals surface area (Å²) in [5, 5.41) is 6.39. The molecule has 0 aliphatic heterocycles. The summed E-state index contributed by atoms with van der Waals surface area (Å²) in [6, 6.07) is 5.77. The third-order valence-corrected chi connectivity index (χ3v) is 5.90. The van der Waals surface area contributed by atoms with Crippen LogP contribution in [0, 0.1) is 13.8 Å². The maximum atomic E-state index is 14.9. The van der Waals surface area contributed by atoms with E-state index in [0.717, 1.165) is 13.0 Å². The molecule has 0 aliphatic carbocycles. The normalized spacial score (nSPS) is 12.7. The third-order valence-electron chi connectivity index (χ3n) is 5.50. The molecule has 0 saturated heterocycles. The van der Waals surface area contributed by atoms with Crippen molar-refractivity contribution in [1.82, 2.24) is 10.2 Å². The first-order valence-corrected chi connectivity index (χ1v) is 10.5. The Bertz CT molecular complexity index is 1250. The second kappa shape index (κ2) is 9.18. The number of benzene rings is 2. The number of aromatic nitrogens is 2. The van der Waals surface area contributed by atoms with E-state index >= 15 is 0 Å². The molecule has 3 rings (SSSR count). The number of ether oxygens (including phenoxy) is 1. The minimum atomic E-state index is -6.26. The lowest BCUT2D eigenvalue weighted by Gasteiger charge is -2.32. The van der Waals surface area contributed by atoms with Crippen molar-refractivity contribution < 1.29 is 40.3 Å². The molecule has 0 amide bonds. The van der Waals surface area contributed by atoms with Crippen LogP contribution in [0.1, 0.15) is 34.0 Å². The largest absolute Gasteiger partial charge is 0.462 e.